The Labute approximate surface area is 195 Å². The first-order chi connectivity index (χ1) is 15.5. The van der Waals surface area contributed by atoms with Gasteiger partial charge in [0.05, 0.1) is 12.0 Å². The monoisotopic (exact) mass is 460 g/mol. The van der Waals surface area contributed by atoms with Gasteiger partial charge < -0.3 is 15.4 Å². The summed E-state index contributed by atoms with van der Waals surface area (Å²) < 4.78 is 5.64. The molecule has 1 fully saturated rings. The zero-order valence-corrected chi connectivity index (χ0v) is 19.2. The molecule has 1 aliphatic heterocycles. The molecule has 0 unspecified atom stereocenters. The van der Waals surface area contributed by atoms with E-state index in [0.29, 0.717) is 36.7 Å². The Hall–Kier alpha value is -2.34. The molecule has 2 atom stereocenters. The van der Waals surface area contributed by atoms with Gasteiger partial charge in [0.15, 0.2) is 0 Å². The minimum atomic E-state index is -0.543. The lowest BCUT2D eigenvalue weighted by atomic mass is 9.84. The number of hydrogen-bond donors (Lipinski definition) is 2. The van der Waals surface area contributed by atoms with Crippen molar-refractivity contribution in [2.24, 2.45) is 11.8 Å². The summed E-state index contributed by atoms with van der Waals surface area (Å²) >= 11 is 5.89. The molecule has 6 nitrogen and oxygen atoms in total. The Kier molecular flexibility index (Phi) is 9.60. The fourth-order valence-corrected chi connectivity index (χ4v) is 4.48. The van der Waals surface area contributed by atoms with Gasteiger partial charge in [-0.1, -0.05) is 55.1 Å². The number of nitrogens with one attached hydrogen (secondary N) is 2. The van der Waals surface area contributed by atoms with E-state index < -0.39 is 5.92 Å². The van der Waals surface area contributed by atoms with Gasteiger partial charge in [-0.2, -0.15) is 0 Å². The van der Waals surface area contributed by atoms with E-state index in [9.17, 15) is 14.4 Å². The summed E-state index contributed by atoms with van der Waals surface area (Å²) in [6.45, 7) is 0.547. The molecule has 1 aromatic rings. The van der Waals surface area contributed by atoms with E-state index in [1.54, 1.807) is 12.1 Å². The van der Waals surface area contributed by atoms with Crippen LogP contribution in [0, 0.1) is 11.8 Å². The van der Waals surface area contributed by atoms with Gasteiger partial charge in [0.25, 0.3) is 0 Å². The van der Waals surface area contributed by atoms with Crippen LogP contribution in [0.2, 0.25) is 5.02 Å². The van der Waals surface area contributed by atoms with Gasteiger partial charge in [-0.3, -0.25) is 14.4 Å². The maximum Gasteiger partial charge on any atom is 0.309 e. The zero-order valence-electron chi connectivity index (χ0n) is 18.5. The molecule has 2 amide bonds. The van der Waals surface area contributed by atoms with Crippen LogP contribution < -0.4 is 10.6 Å². The van der Waals surface area contributed by atoms with Crippen molar-refractivity contribution in [1.82, 2.24) is 10.6 Å². The molecule has 0 saturated heterocycles. The Balaban J connectivity index is 1.58. The lowest BCUT2D eigenvalue weighted by molar-refractivity contribution is -0.152. The highest BCUT2D eigenvalue weighted by atomic mass is 35.5. The predicted molar refractivity (Wildman–Crippen MR) is 124 cm³/mol. The predicted octanol–water partition coefficient (Wildman–Crippen LogP) is 4.31. The molecular formula is C25H33ClN2O4. The molecule has 1 saturated carbocycles. The van der Waals surface area contributed by atoms with Crippen LogP contribution >= 0.6 is 11.6 Å². The topological polar surface area (TPSA) is 84.5 Å². The van der Waals surface area contributed by atoms with Crippen LogP contribution in [0.4, 0.5) is 0 Å². The largest absolute Gasteiger partial charge is 0.463 e. The first-order valence-electron chi connectivity index (χ1n) is 11.6. The SMILES string of the molecule is O=C(C[C@@H]1CC=CCCC(=O)N[C@H](C2CCCCC2)COC1=O)NCc1ccc(Cl)cc1. The van der Waals surface area contributed by atoms with E-state index in [1.165, 1.54) is 6.42 Å². The first kappa shape index (κ1) is 24.3. The van der Waals surface area contributed by atoms with Gasteiger partial charge >= 0.3 is 5.97 Å². The summed E-state index contributed by atoms with van der Waals surface area (Å²) in [4.78, 5) is 37.6. The second-order valence-electron chi connectivity index (χ2n) is 8.75. The summed E-state index contributed by atoms with van der Waals surface area (Å²) in [5.41, 5.74) is 0.940. The Morgan fingerprint density at radius 3 is 2.59 bits per heavy atom. The van der Waals surface area contributed by atoms with Gasteiger partial charge in [-0.25, -0.2) is 0 Å². The highest BCUT2D eigenvalue weighted by Crippen LogP contribution is 2.27. The molecule has 1 aromatic carbocycles. The molecule has 7 heteroatoms. The molecular weight excluding hydrogens is 428 g/mol. The quantitative estimate of drug-likeness (QED) is 0.506. The first-order valence-corrected chi connectivity index (χ1v) is 12.0. The van der Waals surface area contributed by atoms with E-state index in [2.05, 4.69) is 10.6 Å². The van der Waals surface area contributed by atoms with E-state index >= 15 is 0 Å². The zero-order chi connectivity index (χ0) is 22.8. The lowest BCUT2D eigenvalue weighted by Crippen LogP contribution is -2.45. The van der Waals surface area contributed by atoms with Crippen molar-refractivity contribution in [3.05, 3.63) is 47.0 Å². The highest BCUT2D eigenvalue weighted by molar-refractivity contribution is 6.30. The Morgan fingerprint density at radius 2 is 1.84 bits per heavy atom. The molecule has 2 N–H and O–H groups in total. The Morgan fingerprint density at radius 1 is 1.09 bits per heavy atom. The minimum absolute atomic E-state index is 0.0000248. The number of rotatable bonds is 5. The van der Waals surface area contributed by atoms with Crippen molar-refractivity contribution < 1.29 is 19.1 Å². The summed E-state index contributed by atoms with van der Waals surface area (Å²) in [6.07, 6.45) is 10.9. The third kappa shape index (κ3) is 7.97. The second kappa shape index (κ2) is 12.6. The molecule has 174 valence electrons. The van der Waals surface area contributed by atoms with Crippen LogP contribution in [-0.2, 0) is 25.7 Å². The number of carbonyl (C=O) groups is 3. The normalized spacial score (nSPS) is 23.4. The third-order valence-corrected chi connectivity index (χ3v) is 6.52. The summed E-state index contributed by atoms with van der Waals surface area (Å²) in [5, 5.41) is 6.60. The summed E-state index contributed by atoms with van der Waals surface area (Å²) in [5.74, 6) is -0.787. The number of hydrogen-bond acceptors (Lipinski definition) is 4. The van der Waals surface area contributed by atoms with E-state index in [-0.39, 0.29) is 36.9 Å². The molecule has 0 spiro atoms. The third-order valence-electron chi connectivity index (χ3n) is 6.26. The standard InChI is InChI=1S/C25H33ClN2O4/c26-21-13-11-18(12-14-21)16-27-24(30)15-20-9-5-2-6-10-23(29)28-22(17-32-25(20)31)19-7-3-1-4-8-19/h2,5,11-14,19-20,22H,1,3-4,6-10,15-17H2,(H,27,30)(H,28,29)/t20-,22-/m0/s1. The van der Waals surface area contributed by atoms with Crippen LogP contribution in [0.3, 0.4) is 0 Å². The van der Waals surface area contributed by atoms with Gasteiger partial charge in [0.2, 0.25) is 11.8 Å². The van der Waals surface area contributed by atoms with Crippen LogP contribution in [0.25, 0.3) is 0 Å². The number of benzene rings is 1. The maximum atomic E-state index is 12.8. The van der Waals surface area contributed by atoms with Crippen LogP contribution in [0.15, 0.2) is 36.4 Å². The van der Waals surface area contributed by atoms with Crippen LogP contribution in [-0.4, -0.2) is 30.4 Å². The molecule has 1 aliphatic carbocycles. The van der Waals surface area contributed by atoms with E-state index in [1.807, 2.05) is 24.3 Å². The van der Waals surface area contributed by atoms with Crippen molar-refractivity contribution in [1.29, 1.82) is 0 Å². The van der Waals surface area contributed by atoms with E-state index in [0.717, 1.165) is 31.2 Å². The number of ether oxygens (including phenoxy) is 1. The smallest absolute Gasteiger partial charge is 0.309 e. The molecule has 2 aliphatic rings. The summed E-state index contributed by atoms with van der Waals surface area (Å²) in [7, 11) is 0. The lowest BCUT2D eigenvalue weighted by Gasteiger charge is -2.31. The number of halogens is 1. The van der Waals surface area contributed by atoms with Crippen molar-refractivity contribution in [2.75, 3.05) is 6.61 Å². The van der Waals surface area contributed by atoms with Gasteiger partial charge in [0.1, 0.15) is 6.61 Å². The number of esters is 1. The average molecular weight is 461 g/mol. The number of allylic oxidation sites excluding steroid dienone is 2. The van der Waals surface area contributed by atoms with Gasteiger partial charge in [-0.15, -0.1) is 0 Å². The summed E-state index contributed by atoms with van der Waals surface area (Å²) in [6, 6.07) is 7.11. The number of cyclic esters (lactones) is 1. The molecule has 0 aromatic heterocycles. The maximum absolute atomic E-state index is 12.8. The molecule has 3 rings (SSSR count). The van der Waals surface area contributed by atoms with Crippen molar-refractivity contribution in [2.45, 2.75) is 70.4 Å². The van der Waals surface area contributed by atoms with Gasteiger partial charge in [0, 0.05) is 24.4 Å². The van der Waals surface area contributed by atoms with Crippen LogP contribution in [0.5, 0.6) is 0 Å². The van der Waals surface area contributed by atoms with Crippen molar-refractivity contribution in [3.8, 4) is 0 Å². The number of amides is 2. The van der Waals surface area contributed by atoms with Crippen LogP contribution in [0.1, 0.15) is 63.4 Å². The number of carbonyl (C=O) groups excluding carboxylic acids is 3. The molecule has 32 heavy (non-hydrogen) atoms. The average Bonchev–Trinajstić information content (AvgIpc) is 2.80. The second-order valence-corrected chi connectivity index (χ2v) is 9.19. The Bertz CT molecular complexity index is 803. The molecule has 1 heterocycles. The highest BCUT2D eigenvalue weighted by Gasteiger charge is 2.29. The van der Waals surface area contributed by atoms with Gasteiger partial charge in [-0.05, 0) is 49.3 Å². The van der Waals surface area contributed by atoms with Crippen molar-refractivity contribution in [3.63, 3.8) is 0 Å². The van der Waals surface area contributed by atoms with E-state index in [4.69, 9.17) is 16.3 Å². The fraction of sp³-hybridized carbons (Fsp3) is 0.560. The molecule has 0 radical (unpaired) electrons. The van der Waals surface area contributed by atoms with Crippen molar-refractivity contribution >= 4 is 29.4 Å². The minimum Gasteiger partial charge on any atom is -0.463 e. The molecule has 0 bridgehead atoms. The fourth-order valence-electron chi connectivity index (χ4n) is 4.36.